The predicted molar refractivity (Wildman–Crippen MR) is 98.3 cm³/mol. The van der Waals surface area contributed by atoms with Gasteiger partial charge < -0.3 is 16.0 Å². The summed E-state index contributed by atoms with van der Waals surface area (Å²) in [5.74, 6) is 0.458. The average molecular weight is 358 g/mol. The number of nitrogens with one attached hydrogen (secondary N) is 1. The van der Waals surface area contributed by atoms with Gasteiger partial charge in [0.2, 0.25) is 5.91 Å². The lowest BCUT2D eigenvalue weighted by Gasteiger charge is -2.19. The standard InChI is InChI=1S/C16H24ClN3O2S/c1-4-20(5-2)16(22)12-7-6-11(10-13(12)17)19-15(21)14(18)8-9-23-3/h6-7,10,14H,4-5,8-9,18H2,1-3H3,(H,19,21)/t14-/m0/s1. The summed E-state index contributed by atoms with van der Waals surface area (Å²) in [7, 11) is 0. The average Bonchev–Trinajstić information content (AvgIpc) is 2.53. The van der Waals surface area contributed by atoms with Crippen molar-refractivity contribution in [1.82, 2.24) is 4.90 Å². The first-order valence-electron chi connectivity index (χ1n) is 7.58. The normalized spacial score (nSPS) is 11.9. The van der Waals surface area contributed by atoms with Crippen LogP contribution in [0.4, 0.5) is 5.69 Å². The first kappa shape index (κ1) is 19.8. The molecule has 1 rings (SSSR count). The summed E-state index contributed by atoms with van der Waals surface area (Å²) in [5, 5.41) is 3.05. The van der Waals surface area contributed by atoms with Crippen LogP contribution in [0.1, 0.15) is 30.6 Å². The monoisotopic (exact) mass is 357 g/mol. The third-order valence-electron chi connectivity index (χ3n) is 3.49. The molecule has 0 spiro atoms. The van der Waals surface area contributed by atoms with Crippen molar-refractivity contribution in [2.75, 3.05) is 30.4 Å². The molecular formula is C16H24ClN3O2S. The van der Waals surface area contributed by atoms with Crippen LogP contribution in [0.3, 0.4) is 0 Å². The minimum absolute atomic E-state index is 0.116. The molecule has 23 heavy (non-hydrogen) atoms. The Morgan fingerprint density at radius 2 is 2.00 bits per heavy atom. The number of carbonyl (C=O) groups excluding carboxylic acids is 2. The van der Waals surface area contributed by atoms with Crippen LogP contribution >= 0.6 is 23.4 Å². The number of anilines is 1. The second-order valence-corrected chi connectivity index (χ2v) is 6.44. The molecule has 1 aromatic carbocycles. The number of hydrogen-bond acceptors (Lipinski definition) is 4. The van der Waals surface area contributed by atoms with Crippen molar-refractivity contribution in [2.24, 2.45) is 5.73 Å². The molecule has 0 aromatic heterocycles. The van der Waals surface area contributed by atoms with Gasteiger partial charge >= 0.3 is 0 Å². The van der Waals surface area contributed by atoms with E-state index in [-0.39, 0.29) is 11.8 Å². The van der Waals surface area contributed by atoms with Crippen LogP contribution in [0.15, 0.2) is 18.2 Å². The van der Waals surface area contributed by atoms with Gasteiger partial charge in [0.25, 0.3) is 5.91 Å². The largest absolute Gasteiger partial charge is 0.339 e. The van der Waals surface area contributed by atoms with Gasteiger partial charge in [0.1, 0.15) is 0 Å². The lowest BCUT2D eigenvalue weighted by molar-refractivity contribution is -0.117. The van der Waals surface area contributed by atoms with Gasteiger partial charge in [-0.3, -0.25) is 9.59 Å². The Bertz CT molecular complexity index is 550. The van der Waals surface area contributed by atoms with Gasteiger partial charge in [-0.1, -0.05) is 11.6 Å². The van der Waals surface area contributed by atoms with Gasteiger partial charge in [0, 0.05) is 18.8 Å². The maximum absolute atomic E-state index is 12.3. The van der Waals surface area contributed by atoms with E-state index in [1.165, 1.54) is 0 Å². The number of nitrogens with zero attached hydrogens (tertiary/aromatic N) is 1. The number of carbonyl (C=O) groups is 2. The van der Waals surface area contributed by atoms with Crippen LogP contribution in [0.5, 0.6) is 0 Å². The Morgan fingerprint density at radius 3 is 2.52 bits per heavy atom. The number of halogens is 1. The molecule has 0 unspecified atom stereocenters. The maximum Gasteiger partial charge on any atom is 0.255 e. The fourth-order valence-electron chi connectivity index (χ4n) is 2.06. The van der Waals surface area contributed by atoms with E-state index in [0.717, 1.165) is 5.75 Å². The molecule has 1 aromatic rings. The van der Waals surface area contributed by atoms with Gasteiger partial charge in [-0.2, -0.15) is 11.8 Å². The van der Waals surface area contributed by atoms with Crippen molar-refractivity contribution in [1.29, 1.82) is 0 Å². The Kier molecular flexibility index (Phi) is 8.44. The Labute approximate surface area is 146 Å². The number of nitrogens with two attached hydrogens (primary N) is 1. The van der Waals surface area contributed by atoms with E-state index in [2.05, 4.69) is 5.32 Å². The summed E-state index contributed by atoms with van der Waals surface area (Å²) < 4.78 is 0. The van der Waals surface area contributed by atoms with Crippen LogP contribution in [-0.2, 0) is 4.79 Å². The Hall–Kier alpha value is -1.24. The van der Waals surface area contributed by atoms with E-state index < -0.39 is 6.04 Å². The highest BCUT2D eigenvalue weighted by molar-refractivity contribution is 7.98. The zero-order valence-corrected chi connectivity index (χ0v) is 15.3. The minimum atomic E-state index is -0.557. The molecule has 0 radical (unpaired) electrons. The summed E-state index contributed by atoms with van der Waals surface area (Å²) in [6.45, 7) is 5.07. The third kappa shape index (κ3) is 5.71. The first-order chi connectivity index (χ1) is 10.9. The number of amides is 2. The van der Waals surface area contributed by atoms with Crippen molar-refractivity contribution in [3.05, 3.63) is 28.8 Å². The fourth-order valence-corrected chi connectivity index (χ4v) is 2.81. The molecule has 0 saturated heterocycles. The summed E-state index contributed by atoms with van der Waals surface area (Å²) >= 11 is 7.84. The molecule has 128 valence electrons. The quantitative estimate of drug-likeness (QED) is 0.750. The molecule has 2 amide bonds. The van der Waals surface area contributed by atoms with E-state index in [9.17, 15) is 9.59 Å². The van der Waals surface area contributed by atoms with Crippen molar-refractivity contribution in [3.63, 3.8) is 0 Å². The topological polar surface area (TPSA) is 75.4 Å². The van der Waals surface area contributed by atoms with Crippen molar-refractivity contribution in [2.45, 2.75) is 26.3 Å². The Morgan fingerprint density at radius 1 is 1.35 bits per heavy atom. The predicted octanol–water partition coefficient (Wildman–Crippen LogP) is 2.84. The minimum Gasteiger partial charge on any atom is -0.339 e. The fraction of sp³-hybridized carbons (Fsp3) is 0.500. The van der Waals surface area contributed by atoms with E-state index in [1.807, 2.05) is 20.1 Å². The molecule has 0 aliphatic heterocycles. The molecule has 0 aliphatic carbocycles. The summed E-state index contributed by atoms with van der Waals surface area (Å²) in [5.41, 5.74) is 6.79. The van der Waals surface area contributed by atoms with Crippen LogP contribution in [0.25, 0.3) is 0 Å². The number of thioether (sulfide) groups is 1. The molecule has 3 N–H and O–H groups in total. The first-order valence-corrected chi connectivity index (χ1v) is 9.35. The van der Waals surface area contributed by atoms with E-state index in [0.29, 0.717) is 35.8 Å². The van der Waals surface area contributed by atoms with E-state index in [1.54, 1.807) is 34.9 Å². The molecule has 0 fully saturated rings. The number of rotatable bonds is 8. The smallest absolute Gasteiger partial charge is 0.255 e. The zero-order chi connectivity index (χ0) is 17.4. The molecular weight excluding hydrogens is 334 g/mol. The van der Waals surface area contributed by atoms with Crippen LogP contribution in [0, 0.1) is 0 Å². The summed E-state index contributed by atoms with van der Waals surface area (Å²) in [4.78, 5) is 26.0. The van der Waals surface area contributed by atoms with Gasteiger partial charge in [-0.25, -0.2) is 0 Å². The van der Waals surface area contributed by atoms with Crippen molar-refractivity contribution < 1.29 is 9.59 Å². The SMILES string of the molecule is CCN(CC)C(=O)c1ccc(NC(=O)[C@@H](N)CCSC)cc1Cl. The number of benzene rings is 1. The van der Waals surface area contributed by atoms with Gasteiger partial charge in [0.05, 0.1) is 16.6 Å². The summed E-state index contributed by atoms with van der Waals surface area (Å²) in [6, 6.07) is 4.32. The lowest BCUT2D eigenvalue weighted by Crippen LogP contribution is -2.36. The van der Waals surface area contributed by atoms with E-state index >= 15 is 0 Å². The van der Waals surface area contributed by atoms with Gasteiger partial charge in [-0.05, 0) is 50.5 Å². The molecule has 0 heterocycles. The van der Waals surface area contributed by atoms with E-state index in [4.69, 9.17) is 17.3 Å². The Balaban J connectivity index is 2.80. The summed E-state index contributed by atoms with van der Waals surface area (Å²) in [6.07, 6.45) is 2.58. The van der Waals surface area contributed by atoms with Crippen molar-refractivity contribution >= 4 is 40.9 Å². The highest BCUT2D eigenvalue weighted by Crippen LogP contribution is 2.22. The molecule has 7 heteroatoms. The second kappa shape index (κ2) is 9.80. The molecule has 0 bridgehead atoms. The molecule has 0 saturated carbocycles. The molecule has 0 aliphatic rings. The number of hydrogen-bond donors (Lipinski definition) is 2. The maximum atomic E-state index is 12.3. The highest BCUT2D eigenvalue weighted by atomic mass is 35.5. The zero-order valence-electron chi connectivity index (χ0n) is 13.8. The lowest BCUT2D eigenvalue weighted by atomic mass is 10.1. The van der Waals surface area contributed by atoms with Crippen LogP contribution < -0.4 is 11.1 Å². The third-order valence-corrected chi connectivity index (χ3v) is 4.44. The van der Waals surface area contributed by atoms with Crippen LogP contribution in [-0.4, -0.2) is 47.9 Å². The highest BCUT2D eigenvalue weighted by Gasteiger charge is 2.17. The molecule has 1 atom stereocenters. The van der Waals surface area contributed by atoms with Gasteiger partial charge in [0.15, 0.2) is 0 Å². The van der Waals surface area contributed by atoms with Gasteiger partial charge in [-0.15, -0.1) is 0 Å². The van der Waals surface area contributed by atoms with Crippen molar-refractivity contribution in [3.8, 4) is 0 Å². The van der Waals surface area contributed by atoms with Crippen LogP contribution in [0.2, 0.25) is 5.02 Å². The molecule has 5 nitrogen and oxygen atoms in total. The second-order valence-electron chi connectivity index (χ2n) is 5.05.